The summed E-state index contributed by atoms with van der Waals surface area (Å²) in [5.74, 6) is 4.60. The Morgan fingerprint density at radius 1 is 1.00 bits per heavy atom. The van der Waals surface area contributed by atoms with Gasteiger partial charge in [0.2, 0.25) is 0 Å². The van der Waals surface area contributed by atoms with E-state index < -0.39 is 0 Å². The molecule has 2 heteroatoms. The molecule has 40 heavy (non-hydrogen) atoms. The summed E-state index contributed by atoms with van der Waals surface area (Å²) in [5.41, 5.74) is 1.77. The third-order valence-corrected chi connectivity index (χ3v) is 10.3. The van der Waals surface area contributed by atoms with Gasteiger partial charge in [0.25, 0.3) is 0 Å². The smallest absolute Gasteiger partial charge is 0.178 e. The number of ketones is 1. The Kier molecular flexibility index (Phi) is 20.6. The maximum absolute atomic E-state index is 13.3. The van der Waals surface area contributed by atoms with E-state index in [1.165, 1.54) is 57.8 Å². The van der Waals surface area contributed by atoms with E-state index in [0.717, 1.165) is 35.7 Å². The molecular formula is C38H71NO. The highest BCUT2D eigenvalue weighted by atomic mass is 16.1. The van der Waals surface area contributed by atoms with Gasteiger partial charge in [-0.25, -0.2) is 0 Å². The Morgan fingerprint density at radius 2 is 1.62 bits per heavy atom. The summed E-state index contributed by atoms with van der Waals surface area (Å²) in [4.78, 5) is 15.2. The van der Waals surface area contributed by atoms with Crippen LogP contribution in [0.25, 0.3) is 0 Å². The van der Waals surface area contributed by atoms with E-state index in [-0.39, 0.29) is 12.8 Å². The van der Waals surface area contributed by atoms with Crippen molar-refractivity contribution in [3.63, 3.8) is 0 Å². The van der Waals surface area contributed by atoms with Gasteiger partial charge in [0.15, 0.2) is 5.78 Å². The van der Waals surface area contributed by atoms with Gasteiger partial charge in [-0.15, -0.1) is 13.2 Å². The molecule has 0 spiro atoms. The topological polar surface area (TPSA) is 20.3 Å². The van der Waals surface area contributed by atoms with Crippen molar-refractivity contribution in [3.8, 4) is 0 Å². The molecule has 0 aromatic carbocycles. The van der Waals surface area contributed by atoms with E-state index in [1.54, 1.807) is 6.20 Å². The van der Waals surface area contributed by atoms with Gasteiger partial charge in [-0.3, -0.25) is 4.79 Å². The number of Topliss-reactive ketones (excluding diaryl/α,β-unsaturated/α-hetero) is 1. The number of carbonyl (C=O) groups excluding carboxylic acids is 1. The normalized spacial score (nSPS) is 33.0. The largest absolute Gasteiger partial charge is 0.347 e. The second kappa shape index (κ2) is 20.3. The van der Waals surface area contributed by atoms with E-state index >= 15 is 0 Å². The SMILES string of the molecule is C.C=C.C=CN(/C=C\C)CC(=O)C1=CCC2C3CCC4CC(CCC)CCC4(C)C3CCC12C.CC.CC.CC. The number of allylic oxidation sites excluding steroid dienone is 2. The van der Waals surface area contributed by atoms with Gasteiger partial charge in [-0.2, -0.15) is 0 Å². The first-order valence-electron chi connectivity index (χ1n) is 16.6. The molecule has 4 aliphatic rings. The fourth-order valence-electron chi connectivity index (χ4n) is 8.64. The van der Waals surface area contributed by atoms with Gasteiger partial charge in [0.1, 0.15) is 0 Å². The zero-order valence-electron chi connectivity index (χ0n) is 28.0. The van der Waals surface area contributed by atoms with Crippen LogP contribution in [0.5, 0.6) is 0 Å². The van der Waals surface area contributed by atoms with Crippen molar-refractivity contribution in [2.75, 3.05) is 6.54 Å². The van der Waals surface area contributed by atoms with E-state index in [9.17, 15) is 4.79 Å². The van der Waals surface area contributed by atoms with Crippen LogP contribution in [0.15, 0.2) is 49.9 Å². The Balaban J connectivity index is 0. The van der Waals surface area contributed by atoms with Crippen molar-refractivity contribution in [1.29, 1.82) is 0 Å². The van der Waals surface area contributed by atoms with Gasteiger partial charge < -0.3 is 4.90 Å². The number of fused-ring (bicyclic) bond motifs is 5. The molecule has 0 aromatic heterocycles. The van der Waals surface area contributed by atoms with Crippen molar-refractivity contribution in [1.82, 2.24) is 4.90 Å². The van der Waals surface area contributed by atoms with E-state index in [4.69, 9.17) is 0 Å². The first-order chi connectivity index (χ1) is 18.9. The van der Waals surface area contributed by atoms with Gasteiger partial charge in [-0.1, -0.05) is 101 Å². The van der Waals surface area contributed by atoms with Crippen LogP contribution in [0.2, 0.25) is 0 Å². The highest BCUT2D eigenvalue weighted by molar-refractivity contribution is 5.98. The molecule has 7 unspecified atom stereocenters. The lowest BCUT2D eigenvalue weighted by Gasteiger charge is -2.61. The molecule has 3 saturated carbocycles. The van der Waals surface area contributed by atoms with E-state index in [0.29, 0.717) is 23.7 Å². The number of hydrogen-bond donors (Lipinski definition) is 0. The molecule has 0 aliphatic heterocycles. The molecule has 0 N–H and O–H groups in total. The minimum atomic E-state index is 0. The van der Waals surface area contributed by atoms with E-state index in [1.807, 2.05) is 65.6 Å². The average Bonchev–Trinajstić information content (AvgIpc) is 3.34. The average molecular weight is 558 g/mol. The third-order valence-electron chi connectivity index (χ3n) is 10.3. The maximum atomic E-state index is 13.3. The van der Waals surface area contributed by atoms with Crippen LogP contribution in [0.4, 0.5) is 0 Å². The van der Waals surface area contributed by atoms with Crippen LogP contribution in [0, 0.1) is 40.4 Å². The second-order valence-corrected chi connectivity index (χ2v) is 11.7. The van der Waals surface area contributed by atoms with Crippen LogP contribution < -0.4 is 0 Å². The predicted molar refractivity (Wildman–Crippen MR) is 182 cm³/mol. The molecule has 0 bridgehead atoms. The number of rotatable bonds is 7. The fourth-order valence-corrected chi connectivity index (χ4v) is 8.64. The van der Waals surface area contributed by atoms with Crippen LogP contribution >= 0.6 is 0 Å². The summed E-state index contributed by atoms with van der Waals surface area (Å²) in [6, 6.07) is 0. The molecule has 2 nitrogen and oxygen atoms in total. The van der Waals surface area contributed by atoms with Crippen LogP contribution in [0.3, 0.4) is 0 Å². The van der Waals surface area contributed by atoms with Crippen LogP contribution in [-0.2, 0) is 4.79 Å². The lowest BCUT2D eigenvalue weighted by molar-refractivity contribution is -0.122. The molecule has 0 saturated heterocycles. The molecule has 0 aromatic rings. The molecule has 3 fully saturated rings. The summed E-state index contributed by atoms with van der Waals surface area (Å²) in [6.45, 7) is 31.7. The summed E-state index contributed by atoms with van der Waals surface area (Å²) < 4.78 is 0. The summed E-state index contributed by atoms with van der Waals surface area (Å²) in [6.07, 6.45) is 21.7. The summed E-state index contributed by atoms with van der Waals surface area (Å²) in [5, 5.41) is 0. The maximum Gasteiger partial charge on any atom is 0.178 e. The monoisotopic (exact) mass is 558 g/mol. The van der Waals surface area contributed by atoms with Crippen molar-refractivity contribution in [2.24, 2.45) is 40.4 Å². The molecule has 4 rings (SSSR count). The quantitative estimate of drug-likeness (QED) is 0.290. The summed E-state index contributed by atoms with van der Waals surface area (Å²) in [7, 11) is 0. The Morgan fingerprint density at radius 3 is 2.17 bits per heavy atom. The molecule has 234 valence electrons. The lowest BCUT2D eigenvalue weighted by atomic mass is 9.44. The first kappa shape index (κ1) is 40.6. The molecule has 0 heterocycles. The predicted octanol–water partition coefficient (Wildman–Crippen LogP) is 12.0. The standard InChI is InChI=1S/C29H45NO.3C2H6.C2H4.CH4/c1-6-9-21-14-16-28(4)22(19-21)10-11-23-24-12-13-26(29(24,5)17-15-25(23)28)27(31)20-30(8-3)18-7-2;4*1-2;/h7-8,13,18,21-25H,3,6,9-12,14-17,19-20H2,1-2,4-5H3;3*1-2H3;1-2H2;1H4/b18-7-;;;;;. The number of nitrogens with zero attached hydrogens (tertiary/aromatic N) is 1. The van der Waals surface area contributed by atoms with Gasteiger partial charge in [0.05, 0.1) is 6.54 Å². The molecule has 7 atom stereocenters. The minimum absolute atomic E-state index is 0. The van der Waals surface area contributed by atoms with E-state index in [2.05, 4.69) is 46.6 Å². The molecular weight excluding hydrogens is 486 g/mol. The summed E-state index contributed by atoms with van der Waals surface area (Å²) >= 11 is 0. The molecule has 0 radical (unpaired) electrons. The highest BCUT2D eigenvalue weighted by Gasteiger charge is 2.59. The first-order valence-corrected chi connectivity index (χ1v) is 16.6. The lowest BCUT2D eigenvalue weighted by Crippen LogP contribution is -2.53. The van der Waals surface area contributed by atoms with Crippen LogP contribution in [0.1, 0.15) is 141 Å². The van der Waals surface area contributed by atoms with Crippen molar-refractivity contribution in [2.45, 2.75) is 141 Å². The Labute approximate surface area is 252 Å². The third kappa shape index (κ3) is 8.72. The molecule has 4 aliphatic carbocycles. The molecule has 0 amide bonds. The Bertz CT molecular complexity index is 765. The van der Waals surface area contributed by atoms with Gasteiger partial charge >= 0.3 is 0 Å². The zero-order valence-corrected chi connectivity index (χ0v) is 28.0. The second-order valence-electron chi connectivity index (χ2n) is 11.7. The Hall–Kier alpha value is -1.57. The van der Waals surface area contributed by atoms with Crippen molar-refractivity contribution < 1.29 is 4.79 Å². The zero-order chi connectivity index (χ0) is 30.2. The van der Waals surface area contributed by atoms with Crippen molar-refractivity contribution in [3.05, 3.63) is 49.9 Å². The van der Waals surface area contributed by atoms with Crippen molar-refractivity contribution >= 4 is 5.78 Å². The van der Waals surface area contributed by atoms with Gasteiger partial charge in [-0.05, 0) is 117 Å². The fraction of sp³-hybridized carbons (Fsp3) is 0.763. The highest BCUT2D eigenvalue weighted by Crippen LogP contribution is 2.66. The van der Waals surface area contributed by atoms with Gasteiger partial charge in [0, 0.05) is 0 Å². The minimum Gasteiger partial charge on any atom is -0.347 e. The number of hydrogen-bond acceptors (Lipinski definition) is 2. The number of carbonyl (C=O) groups is 1. The van der Waals surface area contributed by atoms with Crippen LogP contribution in [-0.4, -0.2) is 17.2 Å².